The van der Waals surface area contributed by atoms with Crippen LogP contribution in [0.1, 0.15) is 50.0 Å². The minimum absolute atomic E-state index is 0.697. The molecule has 1 aromatic rings. The zero-order valence-corrected chi connectivity index (χ0v) is 9.08. The average molecular weight is 193 g/mol. The monoisotopic (exact) mass is 193 g/mol. The van der Waals surface area contributed by atoms with Gasteiger partial charge in [0.1, 0.15) is 11.6 Å². The Labute approximate surface area is 85.3 Å². The fourth-order valence-corrected chi connectivity index (χ4v) is 1.81. The number of hydrogen-bond acceptors (Lipinski definition) is 2. The summed E-state index contributed by atoms with van der Waals surface area (Å²) in [6.07, 6.45) is 4.99. The smallest absolute Gasteiger partial charge is 0.126 e. The first-order valence-corrected chi connectivity index (χ1v) is 5.56. The molecule has 14 heavy (non-hydrogen) atoms. The molecular weight excluding hydrogens is 174 g/mol. The van der Waals surface area contributed by atoms with Crippen molar-refractivity contribution in [3.8, 4) is 0 Å². The molecule has 0 saturated heterocycles. The van der Waals surface area contributed by atoms with Crippen LogP contribution in [0.15, 0.2) is 0 Å². The van der Waals surface area contributed by atoms with Crippen LogP contribution in [0.25, 0.3) is 0 Å². The molecule has 0 spiro atoms. The summed E-state index contributed by atoms with van der Waals surface area (Å²) in [5.74, 6) is 2.80. The van der Waals surface area contributed by atoms with Crippen molar-refractivity contribution in [1.29, 1.82) is 0 Å². The number of imidazole rings is 1. The Morgan fingerprint density at radius 1 is 1.50 bits per heavy atom. The van der Waals surface area contributed by atoms with Gasteiger partial charge in [-0.05, 0) is 26.2 Å². The topological polar surface area (TPSA) is 43.8 Å². The lowest BCUT2D eigenvalue weighted by Gasteiger charge is -2.07. The number of hydrogen-bond donors (Lipinski definition) is 1. The number of rotatable bonds is 4. The lowest BCUT2D eigenvalue weighted by atomic mass is 10.3. The van der Waals surface area contributed by atoms with Crippen LogP contribution in [0, 0.1) is 6.92 Å². The van der Waals surface area contributed by atoms with Crippen molar-refractivity contribution in [3.05, 3.63) is 11.5 Å². The normalized spacial score (nSPS) is 16.1. The molecule has 1 aliphatic carbocycles. The summed E-state index contributed by atoms with van der Waals surface area (Å²) in [6.45, 7) is 5.25. The lowest BCUT2D eigenvalue weighted by molar-refractivity contribution is 0.609. The summed E-state index contributed by atoms with van der Waals surface area (Å²) in [6, 6.07) is 0. The summed E-state index contributed by atoms with van der Waals surface area (Å²) in [5, 5.41) is 0. The SMILES string of the molecule is CCCCn1c(C2CC2)nc(C)c1N. The van der Waals surface area contributed by atoms with E-state index >= 15 is 0 Å². The van der Waals surface area contributed by atoms with Crippen molar-refractivity contribution in [2.45, 2.75) is 52.0 Å². The predicted molar refractivity (Wildman–Crippen MR) is 58.3 cm³/mol. The third-order valence-corrected chi connectivity index (χ3v) is 2.90. The van der Waals surface area contributed by atoms with Crippen molar-refractivity contribution in [2.75, 3.05) is 5.73 Å². The van der Waals surface area contributed by atoms with Crippen molar-refractivity contribution >= 4 is 5.82 Å². The zero-order valence-electron chi connectivity index (χ0n) is 9.08. The van der Waals surface area contributed by atoms with Gasteiger partial charge in [0.2, 0.25) is 0 Å². The van der Waals surface area contributed by atoms with Gasteiger partial charge in [0, 0.05) is 12.5 Å². The number of anilines is 1. The van der Waals surface area contributed by atoms with Crippen molar-refractivity contribution in [2.24, 2.45) is 0 Å². The Kier molecular flexibility index (Phi) is 2.48. The quantitative estimate of drug-likeness (QED) is 0.798. The Morgan fingerprint density at radius 2 is 2.21 bits per heavy atom. The molecular formula is C11H19N3. The maximum Gasteiger partial charge on any atom is 0.126 e. The summed E-state index contributed by atoms with van der Waals surface area (Å²) in [5.41, 5.74) is 7.01. The molecule has 0 atom stereocenters. The molecule has 1 aromatic heterocycles. The first-order chi connectivity index (χ1) is 6.74. The van der Waals surface area contributed by atoms with Crippen LogP contribution in [0.5, 0.6) is 0 Å². The number of unbranched alkanes of at least 4 members (excludes halogenated alkanes) is 1. The highest BCUT2D eigenvalue weighted by molar-refractivity contribution is 5.38. The van der Waals surface area contributed by atoms with E-state index in [0.29, 0.717) is 5.92 Å². The van der Waals surface area contributed by atoms with E-state index in [4.69, 9.17) is 5.73 Å². The fourth-order valence-electron chi connectivity index (χ4n) is 1.81. The maximum atomic E-state index is 6.01. The highest BCUT2D eigenvalue weighted by Crippen LogP contribution is 2.40. The molecule has 1 aliphatic rings. The second kappa shape index (κ2) is 3.64. The van der Waals surface area contributed by atoms with E-state index in [9.17, 15) is 0 Å². The second-order valence-corrected chi connectivity index (χ2v) is 4.22. The molecule has 0 bridgehead atoms. The highest BCUT2D eigenvalue weighted by atomic mass is 15.1. The molecule has 1 heterocycles. The third-order valence-electron chi connectivity index (χ3n) is 2.90. The van der Waals surface area contributed by atoms with Crippen molar-refractivity contribution in [1.82, 2.24) is 9.55 Å². The highest BCUT2D eigenvalue weighted by Gasteiger charge is 2.29. The average Bonchev–Trinajstić information content (AvgIpc) is 2.95. The van der Waals surface area contributed by atoms with Gasteiger partial charge in [0.25, 0.3) is 0 Å². The van der Waals surface area contributed by atoms with Gasteiger partial charge in [0.15, 0.2) is 0 Å². The lowest BCUT2D eigenvalue weighted by Crippen LogP contribution is -2.06. The standard InChI is InChI=1S/C11H19N3/c1-3-4-7-14-10(12)8(2)13-11(14)9-5-6-9/h9H,3-7,12H2,1-2H3. The molecule has 3 heteroatoms. The minimum Gasteiger partial charge on any atom is -0.384 e. The second-order valence-electron chi connectivity index (χ2n) is 4.22. The van der Waals surface area contributed by atoms with E-state index in [-0.39, 0.29) is 0 Å². The molecule has 0 unspecified atom stereocenters. The van der Waals surface area contributed by atoms with Gasteiger partial charge < -0.3 is 10.3 Å². The third kappa shape index (κ3) is 1.63. The first kappa shape index (κ1) is 9.56. The Bertz CT molecular complexity index is 324. The van der Waals surface area contributed by atoms with Gasteiger partial charge in [-0.3, -0.25) is 0 Å². The predicted octanol–water partition coefficient (Wildman–Crippen LogP) is 2.45. The van der Waals surface area contributed by atoms with Gasteiger partial charge in [-0.15, -0.1) is 0 Å². The largest absolute Gasteiger partial charge is 0.384 e. The van der Waals surface area contributed by atoms with Crippen LogP contribution in [0.4, 0.5) is 5.82 Å². The molecule has 0 aliphatic heterocycles. The molecule has 0 aromatic carbocycles. The number of aromatic nitrogens is 2. The van der Waals surface area contributed by atoms with E-state index in [2.05, 4.69) is 16.5 Å². The summed E-state index contributed by atoms with van der Waals surface area (Å²) < 4.78 is 2.22. The maximum absolute atomic E-state index is 6.01. The Hall–Kier alpha value is -0.990. The minimum atomic E-state index is 0.697. The molecule has 0 radical (unpaired) electrons. The van der Waals surface area contributed by atoms with Crippen LogP contribution < -0.4 is 5.73 Å². The molecule has 3 nitrogen and oxygen atoms in total. The van der Waals surface area contributed by atoms with Crippen molar-refractivity contribution in [3.63, 3.8) is 0 Å². The summed E-state index contributed by atoms with van der Waals surface area (Å²) >= 11 is 0. The van der Waals surface area contributed by atoms with Gasteiger partial charge in [-0.2, -0.15) is 0 Å². The van der Waals surface area contributed by atoms with Crippen molar-refractivity contribution < 1.29 is 0 Å². The molecule has 2 N–H and O–H groups in total. The number of aryl methyl sites for hydroxylation is 1. The summed E-state index contributed by atoms with van der Waals surface area (Å²) in [4.78, 5) is 4.56. The Morgan fingerprint density at radius 3 is 2.79 bits per heavy atom. The van der Waals surface area contributed by atoms with Gasteiger partial charge >= 0.3 is 0 Å². The van der Waals surface area contributed by atoms with Crippen LogP contribution in [0.2, 0.25) is 0 Å². The van der Waals surface area contributed by atoms with E-state index < -0.39 is 0 Å². The van der Waals surface area contributed by atoms with E-state index in [1.54, 1.807) is 0 Å². The fraction of sp³-hybridized carbons (Fsp3) is 0.727. The molecule has 2 rings (SSSR count). The first-order valence-electron chi connectivity index (χ1n) is 5.56. The van der Waals surface area contributed by atoms with Crippen LogP contribution in [-0.4, -0.2) is 9.55 Å². The van der Waals surface area contributed by atoms with E-state index in [1.807, 2.05) is 6.92 Å². The van der Waals surface area contributed by atoms with Gasteiger partial charge in [0.05, 0.1) is 5.69 Å². The number of nitrogens with two attached hydrogens (primary N) is 1. The Balaban J connectivity index is 2.24. The molecule has 0 amide bonds. The zero-order chi connectivity index (χ0) is 10.1. The van der Waals surface area contributed by atoms with Crippen LogP contribution in [-0.2, 0) is 6.54 Å². The molecule has 78 valence electrons. The molecule has 1 fully saturated rings. The van der Waals surface area contributed by atoms with Gasteiger partial charge in [-0.25, -0.2) is 4.98 Å². The van der Waals surface area contributed by atoms with E-state index in [1.165, 1.54) is 31.5 Å². The number of nitrogen functional groups attached to an aromatic ring is 1. The van der Waals surface area contributed by atoms with Gasteiger partial charge in [-0.1, -0.05) is 13.3 Å². The molecule has 1 saturated carbocycles. The summed E-state index contributed by atoms with van der Waals surface area (Å²) in [7, 11) is 0. The van der Waals surface area contributed by atoms with Crippen LogP contribution in [0.3, 0.4) is 0 Å². The number of nitrogens with zero attached hydrogens (tertiary/aromatic N) is 2. The van der Waals surface area contributed by atoms with Crippen LogP contribution >= 0.6 is 0 Å². The van der Waals surface area contributed by atoms with E-state index in [0.717, 1.165) is 18.1 Å².